The Kier molecular flexibility index (Phi) is 4.81. The summed E-state index contributed by atoms with van der Waals surface area (Å²) < 4.78 is 19.2. The van der Waals surface area contributed by atoms with E-state index in [9.17, 15) is 14.0 Å². The fraction of sp³-hybridized carbons (Fsp3) is 0.286. The van der Waals surface area contributed by atoms with Crippen LogP contribution >= 0.6 is 0 Å². The molecule has 0 saturated heterocycles. The maximum absolute atomic E-state index is 13.1. The minimum Gasteiger partial charge on any atom is -0.388 e. The molecule has 1 aliphatic carbocycles. The number of carbonyl (C=O) groups is 1. The van der Waals surface area contributed by atoms with Crippen LogP contribution < -0.4 is 5.76 Å². The highest BCUT2D eigenvalue weighted by Gasteiger charge is 2.27. The van der Waals surface area contributed by atoms with Crippen LogP contribution in [0, 0.1) is 5.82 Å². The molecule has 0 aliphatic heterocycles. The van der Waals surface area contributed by atoms with Crippen molar-refractivity contribution in [2.75, 3.05) is 7.05 Å². The maximum Gasteiger partial charge on any atom is 0.437 e. The molecule has 4 rings (SSSR count). The van der Waals surface area contributed by atoms with E-state index in [1.165, 1.54) is 29.8 Å². The molecule has 1 aliphatic rings. The van der Waals surface area contributed by atoms with E-state index in [0.717, 1.165) is 29.5 Å². The van der Waals surface area contributed by atoms with Gasteiger partial charge >= 0.3 is 5.76 Å². The molecule has 0 fully saturated rings. The molecule has 28 heavy (non-hydrogen) atoms. The first-order valence-corrected chi connectivity index (χ1v) is 9.20. The van der Waals surface area contributed by atoms with Crippen LogP contribution in [0.2, 0.25) is 0 Å². The summed E-state index contributed by atoms with van der Waals surface area (Å²) in [5, 5.41) is 4.09. The second kappa shape index (κ2) is 7.42. The van der Waals surface area contributed by atoms with Gasteiger partial charge in [0.05, 0.1) is 6.04 Å². The zero-order valence-electron chi connectivity index (χ0n) is 15.5. The van der Waals surface area contributed by atoms with Crippen LogP contribution in [0.15, 0.2) is 57.7 Å². The lowest BCUT2D eigenvalue weighted by Gasteiger charge is -2.33. The fourth-order valence-corrected chi connectivity index (χ4v) is 3.66. The largest absolute Gasteiger partial charge is 0.437 e. The number of aryl methyl sites for hydroxylation is 1. The third-order valence-corrected chi connectivity index (χ3v) is 5.18. The van der Waals surface area contributed by atoms with Gasteiger partial charge in [0.15, 0.2) is 0 Å². The number of hydrogen-bond donors (Lipinski definition) is 0. The van der Waals surface area contributed by atoms with Crippen LogP contribution in [-0.4, -0.2) is 27.6 Å². The van der Waals surface area contributed by atoms with Crippen molar-refractivity contribution in [2.45, 2.75) is 31.8 Å². The van der Waals surface area contributed by atoms with Gasteiger partial charge in [-0.25, -0.2) is 9.18 Å². The van der Waals surface area contributed by atoms with E-state index < -0.39 is 11.6 Å². The highest BCUT2D eigenvalue weighted by atomic mass is 19.1. The monoisotopic (exact) mass is 381 g/mol. The molecule has 1 aromatic heterocycles. The zero-order chi connectivity index (χ0) is 19.7. The highest BCUT2D eigenvalue weighted by molar-refractivity contribution is 5.76. The molecule has 1 heterocycles. The molecule has 0 N–H and O–H groups in total. The third-order valence-electron chi connectivity index (χ3n) is 5.18. The SMILES string of the molecule is CN(C(=O)Cn1nc(-c2ccc(F)cc2)oc1=O)C1CCCc2ccccc21. The molecule has 1 amide bonds. The van der Waals surface area contributed by atoms with E-state index in [0.29, 0.717) is 5.56 Å². The third kappa shape index (κ3) is 3.47. The van der Waals surface area contributed by atoms with Gasteiger partial charge in [-0.05, 0) is 54.7 Å². The Morgan fingerprint density at radius 3 is 2.79 bits per heavy atom. The number of aromatic nitrogens is 2. The van der Waals surface area contributed by atoms with Gasteiger partial charge in [0.25, 0.3) is 0 Å². The number of carbonyl (C=O) groups excluding carboxylic acids is 1. The average molecular weight is 381 g/mol. The normalized spacial score (nSPS) is 15.9. The van der Waals surface area contributed by atoms with Crippen molar-refractivity contribution in [3.63, 3.8) is 0 Å². The number of nitrogens with zero attached hydrogens (tertiary/aromatic N) is 3. The minimum atomic E-state index is -0.717. The van der Waals surface area contributed by atoms with Crippen LogP contribution in [0.5, 0.6) is 0 Å². The molecule has 6 nitrogen and oxygen atoms in total. The summed E-state index contributed by atoms with van der Waals surface area (Å²) in [5.74, 6) is -1.27. The van der Waals surface area contributed by atoms with Gasteiger partial charge in [0, 0.05) is 12.6 Å². The van der Waals surface area contributed by atoms with Crippen molar-refractivity contribution in [1.82, 2.24) is 14.7 Å². The summed E-state index contributed by atoms with van der Waals surface area (Å²) in [6, 6.07) is 13.6. The number of likely N-dealkylation sites (N-methyl/N-ethyl adjacent to an activating group) is 1. The summed E-state index contributed by atoms with van der Waals surface area (Å²) in [5.41, 5.74) is 2.89. The first kappa shape index (κ1) is 18.2. The lowest BCUT2D eigenvalue weighted by molar-refractivity contribution is -0.133. The lowest BCUT2D eigenvalue weighted by Crippen LogP contribution is -2.37. The molecule has 144 valence electrons. The van der Waals surface area contributed by atoms with Gasteiger partial charge in [-0.1, -0.05) is 24.3 Å². The van der Waals surface area contributed by atoms with E-state index in [1.54, 1.807) is 11.9 Å². The summed E-state index contributed by atoms with van der Waals surface area (Å²) in [6.45, 7) is -0.210. The van der Waals surface area contributed by atoms with Crippen molar-refractivity contribution in [3.8, 4) is 11.5 Å². The van der Waals surface area contributed by atoms with Crippen LogP contribution in [0.25, 0.3) is 11.5 Å². The van der Waals surface area contributed by atoms with E-state index in [4.69, 9.17) is 4.42 Å². The Hall–Kier alpha value is -3.22. The number of fused-ring (bicyclic) bond motifs is 1. The summed E-state index contributed by atoms with van der Waals surface area (Å²) in [7, 11) is 1.75. The van der Waals surface area contributed by atoms with Crippen LogP contribution in [0.3, 0.4) is 0 Å². The average Bonchev–Trinajstić information content (AvgIpc) is 3.07. The van der Waals surface area contributed by atoms with Gasteiger partial charge < -0.3 is 9.32 Å². The van der Waals surface area contributed by atoms with Gasteiger partial charge in [0.1, 0.15) is 12.4 Å². The molecule has 0 radical (unpaired) electrons. The second-order valence-corrected chi connectivity index (χ2v) is 6.95. The van der Waals surface area contributed by atoms with Gasteiger partial charge in [-0.2, -0.15) is 4.68 Å². The van der Waals surface area contributed by atoms with Gasteiger partial charge in [-0.3, -0.25) is 4.79 Å². The number of hydrogen-bond acceptors (Lipinski definition) is 4. The highest BCUT2D eigenvalue weighted by Crippen LogP contribution is 2.33. The zero-order valence-corrected chi connectivity index (χ0v) is 15.5. The van der Waals surface area contributed by atoms with Gasteiger partial charge in [0.2, 0.25) is 11.8 Å². The van der Waals surface area contributed by atoms with Crippen LogP contribution in [-0.2, 0) is 17.8 Å². The molecular weight excluding hydrogens is 361 g/mol. The maximum atomic E-state index is 13.1. The van der Waals surface area contributed by atoms with Crippen molar-refractivity contribution in [1.29, 1.82) is 0 Å². The summed E-state index contributed by atoms with van der Waals surface area (Å²) >= 11 is 0. The van der Waals surface area contributed by atoms with Crippen molar-refractivity contribution >= 4 is 5.91 Å². The summed E-state index contributed by atoms with van der Waals surface area (Å²) in [4.78, 5) is 26.6. The Bertz CT molecular complexity index is 1060. The molecule has 1 unspecified atom stereocenters. The Morgan fingerprint density at radius 2 is 2.00 bits per heavy atom. The van der Waals surface area contributed by atoms with Gasteiger partial charge in [-0.15, -0.1) is 5.10 Å². The number of benzene rings is 2. The topological polar surface area (TPSA) is 68.3 Å². The van der Waals surface area contributed by atoms with Crippen molar-refractivity contribution in [2.24, 2.45) is 0 Å². The first-order chi connectivity index (χ1) is 13.5. The molecule has 2 aromatic carbocycles. The molecular formula is C21H20FN3O3. The van der Waals surface area contributed by atoms with Crippen molar-refractivity contribution < 1.29 is 13.6 Å². The van der Waals surface area contributed by atoms with E-state index in [1.807, 2.05) is 12.1 Å². The molecule has 0 bridgehead atoms. The quantitative estimate of drug-likeness (QED) is 0.696. The second-order valence-electron chi connectivity index (χ2n) is 6.95. The molecule has 1 atom stereocenters. The van der Waals surface area contributed by atoms with Crippen LogP contribution in [0.1, 0.15) is 30.0 Å². The van der Waals surface area contributed by atoms with E-state index >= 15 is 0 Å². The van der Waals surface area contributed by atoms with Crippen LogP contribution in [0.4, 0.5) is 4.39 Å². The predicted octanol–water partition coefficient (Wildman–Crippen LogP) is 3.18. The first-order valence-electron chi connectivity index (χ1n) is 9.20. The minimum absolute atomic E-state index is 0.0170. The predicted molar refractivity (Wildman–Crippen MR) is 101 cm³/mol. The molecule has 0 spiro atoms. The molecule has 3 aromatic rings. The Morgan fingerprint density at radius 1 is 1.25 bits per heavy atom. The lowest BCUT2D eigenvalue weighted by atomic mass is 9.87. The molecule has 7 heteroatoms. The Labute approximate surface area is 161 Å². The number of halogens is 1. The Balaban J connectivity index is 1.53. The standard InChI is InChI=1S/C21H20FN3O3/c1-24(18-8-4-6-14-5-2-3-7-17(14)18)19(26)13-25-21(27)28-20(23-25)15-9-11-16(22)12-10-15/h2-3,5,7,9-12,18H,4,6,8,13H2,1H3. The smallest absolute Gasteiger partial charge is 0.388 e. The van der Waals surface area contributed by atoms with Crippen molar-refractivity contribution in [3.05, 3.63) is 76.0 Å². The fourth-order valence-electron chi connectivity index (χ4n) is 3.66. The molecule has 0 saturated carbocycles. The van der Waals surface area contributed by atoms with E-state index in [2.05, 4.69) is 17.2 Å². The number of amides is 1. The van der Waals surface area contributed by atoms with E-state index in [-0.39, 0.29) is 24.4 Å². The summed E-state index contributed by atoms with van der Waals surface area (Å²) in [6.07, 6.45) is 2.91. The number of rotatable bonds is 4.